The van der Waals surface area contributed by atoms with E-state index in [1.807, 2.05) is 0 Å². The Hall–Kier alpha value is -0.0800. The normalized spacial score (nSPS) is 24.8. The van der Waals surface area contributed by atoms with E-state index in [0.717, 1.165) is 18.4 Å². The summed E-state index contributed by atoms with van der Waals surface area (Å²) in [5.74, 6) is 1.97. The zero-order valence-electron chi connectivity index (χ0n) is 11.0. The van der Waals surface area contributed by atoms with Gasteiger partial charge < -0.3 is 5.73 Å². The zero-order chi connectivity index (χ0) is 11.6. The van der Waals surface area contributed by atoms with Gasteiger partial charge in [0.15, 0.2) is 0 Å². The van der Waals surface area contributed by atoms with Crippen LogP contribution in [0.2, 0.25) is 0 Å². The molecule has 16 heavy (non-hydrogen) atoms. The monoisotopic (exact) mass is 224 g/mol. The highest BCUT2D eigenvalue weighted by Crippen LogP contribution is 2.37. The third-order valence-corrected chi connectivity index (χ3v) is 4.34. The summed E-state index contributed by atoms with van der Waals surface area (Å²) < 4.78 is 0. The zero-order valence-corrected chi connectivity index (χ0v) is 11.0. The van der Waals surface area contributed by atoms with Crippen molar-refractivity contribution in [1.82, 2.24) is 4.90 Å². The molecule has 0 aromatic rings. The molecule has 2 aliphatic rings. The molecule has 2 saturated carbocycles. The van der Waals surface area contributed by atoms with Gasteiger partial charge in [0.05, 0.1) is 0 Å². The minimum Gasteiger partial charge on any atom is -0.329 e. The fourth-order valence-electron chi connectivity index (χ4n) is 2.67. The fourth-order valence-corrected chi connectivity index (χ4v) is 2.67. The minimum absolute atomic E-state index is 0.264. The van der Waals surface area contributed by atoms with E-state index >= 15 is 0 Å². The van der Waals surface area contributed by atoms with Gasteiger partial charge in [0.25, 0.3) is 0 Å². The number of hydrogen-bond acceptors (Lipinski definition) is 2. The summed E-state index contributed by atoms with van der Waals surface area (Å²) in [6.45, 7) is 8.09. The number of rotatable bonds is 8. The van der Waals surface area contributed by atoms with Crippen LogP contribution in [0.4, 0.5) is 0 Å². The highest BCUT2D eigenvalue weighted by molar-refractivity contribution is 4.93. The van der Waals surface area contributed by atoms with Gasteiger partial charge >= 0.3 is 0 Å². The van der Waals surface area contributed by atoms with Gasteiger partial charge in [0.2, 0.25) is 0 Å². The van der Waals surface area contributed by atoms with Gasteiger partial charge in [-0.25, -0.2) is 0 Å². The average molecular weight is 224 g/mol. The van der Waals surface area contributed by atoms with E-state index in [2.05, 4.69) is 18.7 Å². The lowest BCUT2D eigenvalue weighted by Gasteiger charge is -2.41. The molecule has 0 aromatic heterocycles. The molecule has 0 saturated heterocycles. The van der Waals surface area contributed by atoms with Crippen LogP contribution < -0.4 is 5.73 Å². The Kier molecular flexibility index (Phi) is 3.91. The van der Waals surface area contributed by atoms with E-state index in [-0.39, 0.29) is 5.54 Å². The first kappa shape index (κ1) is 12.4. The molecule has 1 unspecified atom stereocenters. The van der Waals surface area contributed by atoms with Gasteiger partial charge in [-0.15, -0.1) is 0 Å². The summed E-state index contributed by atoms with van der Waals surface area (Å²) in [5, 5.41) is 0. The van der Waals surface area contributed by atoms with Crippen LogP contribution in [0.1, 0.15) is 52.4 Å². The van der Waals surface area contributed by atoms with Gasteiger partial charge in [-0.05, 0) is 50.9 Å². The molecule has 0 bridgehead atoms. The van der Waals surface area contributed by atoms with Gasteiger partial charge in [0.1, 0.15) is 0 Å². The van der Waals surface area contributed by atoms with Crippen LogP contribution in [0.25, 0.3) is 0 Å². The number of nitrogens with two attached hydrogens (primary N) is 1. The summed E-state index contributed by atoms with van der Waals surface area (Å²) in [7, 11) is 0. The summed E-state index contributed by atoms with van der Waals surface area (Å²) in [6.07, 6.45) is 8.31. The van der Waals surface area contributed by atoms with Crippen LogP contribution in [0.3, 0.4) is 0 Å². The third-order valence-electron chi connectivity index (χ3n) is 4.34. The Labute approximate surface area is 101 Å². The first-order chi connectivity index (χ1) is 7.68. The Morgan fingerprint density at radius 3 is 1.94 bits per heavy atom. The molecule has 0 aliphatic heterocycles. The lowest BCUT2D eigenvalue weighted by Crippen LogP contribution is -2.53. The predicted octanol–water partition coefficient (Wildman–Crippen LogP) is 2.63. The highest BCUT2D eigenvalue weighted by atomic mass is 15.2. The molecule has 2 rings (SSSR count). The minimum atomic E-state index is 0.264. The average Bonchev–Trinajstić information content (AvgIpc) is 3.11. The largest absolute Gasteiger partial charge is 0.329 e. The van der Waals surface area contributed by atoms with Crippen LogP contribution in [0.5, 0.6) is 0 Å². The summed E-state index contributed by atoms with van der Waals surface area (Å²) >= 11 is 0. The summed E-state index contributed by atoms with van der Waals surface area (Å²) in [4.78, 5) is 2.73. The molecule has 0 radical (unpaired) electrons. The molecule has 2 nitrogen and oxygen atoms in total. The topological polar surface area (TPSA) is 29.3 Å². The maximum Gasteiger partial charge on any atom is 0.0303 e. The second kappa shape index (κ2) is 5.05. The molecular formula is C14H28N2. The van der Waals surface area contributed by atoms with Crippen LogP contribution in [-0.2, 0) is 0 Å². The molecule has 0 heterocycles. The molecule has 1 atom stereocenters. The Morgan fingerprint density at radius 2 is 1.62 bits per heavy atom. The molecule has 0 amide bonds. The Balaban J connectivity index is 1.94. The van der Waals surface area contributed by atoms with Crippen molar-refractivity contribution >= 4 is 0 Å². The molecule has 94 valence electrons. The smallest absolute Gasteiger partial charge is 0.0303 e. The van der Waals surface area contributed by atoms with Gasteiger partial charge in [-0.2, -0.15) is 0 Å². The van der Waals surface area contributed by atoms with Crippen LogP contribution in [0, 0.1) is 11.8 Å². The van der Waals surface area contributed by atoms with Crippen molar-refractivity contribution in [2.75, 3.05) is 19.6 Å². The van der Waals surface area contributed by atoms with Crippen molar-refractivity contribution in [1.29, 1.82) is 0 Å². The lowest BCUT2D eigenvalue weighted by atomic mass is 9.93. The summed E-state index contributed by atoms with van der Waals surface area (Å²) in [5.41, 5.74) is 6.31. The van der Waals surface area contributed by atoms with E-state index in [1.54, 1.807) is 0 Å². The van der Waals surface area contributed by atoms with E-state index in [0.29, 0.717) is 0 Å². The lowest BCUT2D eigenvalue weighted by molar-refractivity contribution is 0.0890. The predicted molar refractivity (Wildman–Crippen MR) is 69.4 cm³/mol. The van der Waals surface area contributed by atoms with Crippen LogP contribution in [0.15, 0.2) is 0 Å². The van der Waals surface area contributed by atoms with E-state index < -0.39 is 0 Å². The Bertz CT molecular complexity index is 207. The molecular weight excluding hydrogens is 196 g/mol. The highest BCUT2D eigenvalue weighted by Gasteiger charge is 2.37. The maximum absolute atomic E-state index is 6.04. The molecule has 2 fully saturated rings. The fraction of sp³-hybridized carbons (Fsp3) is 1.00. The second-order valence-electron chi connectivity index (χ2n) is 6.24. The molecule has 0 spiro atoms. The number of nitrogens with zero attached hydrogens (tertiary/aromatic N) is 1. The quantitative estimate of drug-likeness (QED) is 0.687. The van der Waals surface area contributed by atoms with Crippen molar-refractivity contribution in [3.05, 3.63) is 0 Å². The second-order valence-corrected chi connectivity index (χ2v) is 6.24. The van der Waals surface area contributed by atoms with Crippen molar-refractivity contribution in [2.45, 2.75) is 57.9 Å². The first-order valence-electron chi connectivity index (χ1n) is 7.13. The molecule has 0 aromatic carbocycles. The van der Waals surface area contributed by atoms with Crippen molar-refractivity contribution in [3.63, 3.8) is 0 Å². The van der Waals surface area contributed by atoms with E-state index in [1.165, 1.54) is 51.6 Å². The van der Waals surface area contributed by atoms with Crippen molar-refractivity contribution in [2.24, 2.45) is 17.6 Å². The molecule has 2 heteroatoms. The van der Waals surface area contributed by atoms with Gasteiger partial charge in [0, 0.05) is 25.2 Å². The van der Waals surface area contributed by atoms with Crippen molar-refractivity contribution in [3.8, 4) is 0 Å². The standard InChI is InChI=1S/C14H28N2/c1-3-8-14(2,11-15)16(9-12-4-5-12)10-13-6-7-13/h12-13H,3-11,15H2,1-2H3. The Morgan fingerprint density at radius 1 is 1.12 bits per heavy atom. The van der Waals surface area contributed by atoms with Crippen molar-refractivity contribution < 1.29 is 0 Å². The summed E-state index contributed by atoms with van der Waals surface area (Å²) in [6, 6.07) is 0. The number of hydrogen-bond donors (Lipinski definition) is 1. The van der Waals surface area contributed by atoms with E-state index in [9.17, 15) is 0 Å². The van der Waals surface area contributed by atoms with Crippen LogP contribution >= 0.6 is 0 Å². The van der Waals surface area contributed by atoms with E-state index in [4.69, 9.17) is 5.73 Å². The SMILES string of the molecule is CCCC(C)(CN)N(CC1CC1)CC1CC1. The maximum atomic E-state index is 6.04. The first-order valence-corrected chi connectivity index (χ1v) is 7.13. The molecule has 2 aliphatic carbocycles. The van der Waals surface area contributed by atoms with Gasteiger partial charge in [-0.1, -0.05) is 13.3 Å². The molecule has 2 N–H and O–H groups in total. The van der Waals surface area contributed by atoms with Gasteiger partial charge in [-0.3, -0.25) is 4.90 Å². The van der Waals surface area contributed by atoms with Crippen LogP contribution in [-0.4, -0.2) is 30.1 Å². The third kappa shape index (κ3) is 3.21.